The van der Waals surface area contributed by atoms with Gasteiger partial charge in [0.15, 0.2) is 0 Å². The number of nitro groups is 1. The summed E-state index contributed by atoms with van der Waals surface area (Å²) in [6.45, 7) is 2.58. The monoisotopic (exact) mass is 283 g/mol. The molecule has 7 heteroatoms. The Kier molecular flexibility index (Phi) is 5.62. The van der Waals surface area contributed by atoms with Crippen molar-refractivity contribution in [2.45, 2.75) is 18.6 Å². The summed E-state index contributed by atoms with van der Waals surface area (Å²) in [5.41, 5.74) is 5.90. The zero-order chi connectivity index (χ0) is 14.4. The number of rotatable bonds is 6. The molecule has 0 aliphatic rings. The molecule has 0 saturated heterocycles. The van der Waals surface area contributed by atoms with E-state index in [9.17, 15) is 14.9 Å². The average Bonchev–Trinajstić information content (AvgIpc) is 2.38. The topological polar surface area (TPSA) is 98.3 Å². The molecule has 0 aliphatic carbocycles. The molecule has 1 atom stereocenters. The quantitative estimate of drug-likeness (QED) is 0.473. The van der Waals surface area contributed by atoms with Gasteiger partial charge in [0.2, 0.25) is 0 Å². The van der Waals surface area contributed by atoms with Crippen molar-refractivity contribution in [3.8, 4) is 0 Å². The van der Waals surface area contributed by atoms with Gasteiger partial charge < -0.3 is 11.1 Å². The number of hydrogen-bond acceptors (Lipinski definition) is 5. The fourth-order valence-electron chi connectivity index (χ4n) is 1.46. The van der Waals surface area contributed by atoms with Crippen LogP contribution in [0.3, 0.4) is 0 Å². The van der Waals surface area contributed by atoms with Crippen LogP contribution in [0.25, 0.3) is 0 Å². The van der Waals surface area contributed by atoms with Gasteiger partial charge in [-0.1, -0.05) is 6.92 Å². The van der Waals surface area contributed by atoms with Crippen molar-refractivity contribution >= 4 is 29.0 Å². The molecule has 0 saturated carbocycles. The molecule has 0 bridgehead atoms. The molecule has 1 aromatic carbocycles. The van der Waals surface area contributed by atoms with Crippen LogP contribution in [0.1, 0.15) is 23.7 Å². The van der Waals surface area contributed by atoms with Gasteiger partial charge >= 0.3 is 0 Å². The average molecular weight is 283 g/mol. The minimum absolute atomic E-state index is 0.142. The fourth-order valence-corrected chi connectivity index (χ4v) is 1.81. The highest BCUT2D eigenvalue weighted by atomic mass is 32.2. The van der Waals surface area contributed by atoms with Gasteiger partial charge in [-0.15, -0.1) is 0 Å². The Morgan fingerprint density at radius 3 is 2.84 bits per heavy atom. The molecule has 0 aromatic heterocycles. The van der Waals surface area contributed by atoms with E-state index < -0.39 is 4.92 Å². The molecule has 3 N–H and O–H groups in total. The van der Waals surface area contributed by atoms with E-state index >= 15 is 0 Å². The standard InChI is InChI=1S/C12H17N3O3S/c1-8(19-2)5-6-14-12(16)10-7-9(15(17)18)3-4-11(10)13/h3-4,7-8H,5-6,13H2,1-2H3,(H,14,16). The maximum Gasteiger partial charge on any atom is 0.270 e. The number of nitro benzene ring substituents is 1. The first-order valence-electron chi connectivity index (χ1n) is 5.80. The smallest absolute Gasteiger partial charge is 0.270 e. The number of nitrogens with zero attached hydrogens (tertiary/aromatic N) is 1. The molecule has 0 aliphatic heterocycles. The van der Waals surface area contributed by atoms with Gasteiger partial charge in [-0.2, -0.15) is 11.8 Å². The molecule has 1 rings (SSSR count). The van der Waals surface area contributed by atoms with Crippen LogP contribution in [-0.4, -0.2) is 28.9 Å². The third-order valence-corrected chi connectivity index (χ3v) is 3.77. The van der Waals surface area contributed by atoms with Gasteiger partial charge in [-0.05, 0) is 18.7 Å². The number of nitrogens with one attached hydrogen (secondary N) is 1. The summed E-state index contributed by atoms with van der Waals surface area (Å²) in [4.78, 5) is 22.0. The van der Waals surface area contributed by atoms with E-state index in [-0.39, 0.29) is 22.8 Å². The minimum Gasteiger partial charge on any atom is -0.398 e. The van der Waals surface area contributed by atoms with E-state index in [1.807, 2.05) is 6.26 Å². The lowest BCUT2D eigenvalue weighted by Crippen LogP contribution is -2.26. The van der Waals surface area contributed by atoms with Crippen LogP contribution in [0.15, 0.2) is 18.2 Å². The number of amides is 1. The van der Waals surface area contributed by atoms with E-state index in [2.05, 4.69) is 12.2 Å². The molecule has 1 unspecified atom stereocenters. The number of nitrogens with two attached hydrogens (primary N) is 1. The summed E-state index contributed by atoms with van der Waals surface area (Å²) < 4.78 is 0. The first-order valence-corrected chi connectivity index (χ1v) is 7.09. The van der Waals surface area contributed by atoms with E-state index in [0.717, 1.165) is 6.42 Å². The lowest BCUT2D eigenvalue weighted by molar-refractivity contribution is -0.384. The molecule has 104 valence electrons. The van der Waals surface area contributed by atoms with E-state index in [4.69, 9.17) is 5.73 Å². The molecule has 0 radical (unpaired) electrons. The van der Waals surface area contributed by atoms with Crippen LogP contribution in [0, 0.1) is 10.1 Å². The maximum atomic E-state index is 11.9. The highest BCUT2D eigenvalue weighted by Gasteiger charge is 2.15. The van der Waals surface area contributed by atoms with Crippen molar-refractivity contribution in [2.75, 3.05) is 18.5 Å². The van der Waals surface area contributed by atoms with Crippen molar-refractivity contribution in [3.63, 3.8) is 0 Å². The normalized spacial score (nSPS) is 11.9. The number of carbonyl (C=O) groups is 1. The van der Waals surface area contributed by atoms with Gasteiger partial charge in [0.1, 0.15) is 0 Å². The van der Waals surface area contributed by atoms with Crippen LogP contribution < -0.4 is 11.1 Å². The predicted molar refractivity (Wildman–Crippen MR) is 77.4 cm³/mol. The van der Waals surface area contributed by atoms with Gasteiger partial charge in [0.25, 0.3) is 11.6 Å². The Morgan fingerprint density at radius 2 is 2.26 bits per heavy atom. The number of hydrogen-bond donors (Lipinski definition) is 2. The Labute approximate surface area is 115 Å². The van der Waals surface area contributed by atoms with Crippen molar-refractivity contribution in [1.29, 1.82) is 0 Å². The number of nitrogen functional groups attached to an aromatic ring is 1. The summed E-state index contributed by atoms with van der Waals surface area (Å²) in [6, 6.07) is 3.85. The molecule has 6 nitrogen and oxygen atoms in total. The second-order valence-corrected chi connectivity index (χ2v) is 5.40. The van der Waals surface area contributed by atoms with Crippen LogP contribution in [-0.2, 0) is 0 Å². The highest BCUT2D eigenvalue weighted by Crippen LogP contribution is 2.19. The van der Waals surface area contributed by atoms with Gasteiger partial charge in [-0.3, -0.25) is 14.9 Å². The Hall–Kier alpha value is -1.76. The number of carbonyl (C=O) groups excluding carboxylic acids is 1. The van der Waals surface area contributed by atoms with Gasteiger partial charge in [-0.25, -0.2) is 0 Å². The van der Waals surface area contributed by atoms with Crippen LogP contribution in [0.4, 0.5) is 11.4 Å². The molecule has 0 fully saturated rings. The van der Waals surface area contributed by atoms with Crippen molar-refractivity contribution in [3.05, 3.63) is 33.9 Å². The Balaban J connectivity index is 2.71. The van der Waals surface area contributed by atoms with Gasteiger partial charge in [0, 0.05) is 29.6 Å². The van der Waals surface area contributed by atoms with Crippen molar-refractivity contribution in [1.82, 2.24) is 5.32 Å². The van der Waals surface area contributed by atoms with E-state index in [0.29, 0.717) is 11.8 Å². The number of thioether (sulfide) groups is 1. The third-order valence-electron chi connectivity index (χ3n) is 2.73. The summed E-state index contributed by atoms with van der Waals surface area (Å²) in [5, 5.41) is 13.8. The summed E-state index contributed by atoms with van der Waals surface area (Å²) in [7, 11) is 0. The number of anilines is 1. The number of benzene rings is 1. The fraction of sp³-hybridized carbons (Fsp3) is 0.417. The molecule has 0 spiro atoms. The van der Waals surface area contributed by atoms with Crippen LogP contribution >= 0.6 is 11.8 Å². The first kappa shape index (κ1) is 15.3. The Morgan fingerprint density at radius 1 is 1.58 bits per heavy atom. The molecular formula is C12H17N3O3S. The second kappa shape index (κ2) is 6.98. The lowest BCUT2D eigenvalue weighted by atomic mass is 10.1. The molecule has 1 amide bonds. The summed E-state index contributed by atoms with van der Waals surface area (Å²) in [5.74, 6) is -0.380. The van der Waals surface area contributed by atoms with Gasteiger partial charge in [0.05, 0.1) is 10.5 Å². The SMILES string of the molecule is CSC(C)CCNC(=O)c1cc([N+](=O)[O-])ccc1N. The third kappa shape index (κ3) is 4.44. The van der Waals surface area contributed by atoms with Crippen molar-refractivity contribution < 1.29 is 9.72 Å². The molecule has 1 aromatic rings. The van der Waals surface area contributed by atoms with Crippen LogP contribution in [0.5, 0.6) is 0 Å². The maximum absolute atomic E-state index is 11.9. The lowest BCUT2D eigenvalue weighted by Gasteiger charge is -2.10. The predicted octanol–water partition coefficient (Wildman–Crippen LogP) is 2.05. The minimum atomic E-state index is -0.550. The molecule has 19 heavy (non-hydrogen) atoms. The first-order chi connectivity index (χ1) is 8.95. The number of non-ortho nitro benzene ring substituents is 1. The Bertz CT molecular complexity index is 479. The zero-order valence-electron chi connectivity index (χ0n) is 10.9. The highest BCUT2D eigenvalue weighted by molar-refractivity contribution is 7.99. The second-order valence-electron chi connectivity index (χ2n) is 4.12. The van der Waals surface area contributed by atoms with E-state index in [1.54, 1.807) is 11.8 Å². The van der Waals surface area contributed by atoms with Crippen LogP contribution in [0.2, 0.25) is 0 Å². The summed E-state index contributed by atoms with van der Waals surface area (Å²) in [6.07, 6.45) is 2.84. The zero-order valence-corrected chi connectivity index (χ0v) is 11.7. The molecule has 0 heterocycles. The van der Waals surface area contributed by atoms with E-state index in [1.165, 1.54) is 18.2 Å². The molecular weight excluding hydrogens is 266 g/mol. The summed E-state index contributed by atoms with van der Waals surface area (Å²) >= 11 is 1.72. The van der Waals surface area contributed by atoms with Crippen molar-refractivity contribution in [2.24, 2.45) is 0 Å². The largest absolute Gasteiger partial charge is 0.398 e.